The Morgan fingerprint density at radius 2 is 2.00 bits per heavy atom. The van der Waals surface area contributed by atoms with Crippen LogP contribution in [0.4, 0.5) is 0 Å². The Morgan fingerprint density at radius 3 is 2.55 bits per heavy atom. The van der Waals surface area contributed by atoms with Crippen molar-refractivity contribution >= 4 is 0 Å². The minimum absolute atomic E-state index is 0.364. The lowest BCUT2D eigenvalue weighted by Crippen LogP contribution is -2.44. The lowest BCUT2D eigenvalue weighted by atomic mass is 9.68. The van der Waals surface area contributed by atoms with Gasteiger partial charge in [-0.2, -0.15) is 0 Å². The molecule has 1 aromatic heterocycles. The van der Waals surface area contributed by atoms with Crippen molar-refractivity contribution < 1.29 is 5.11 Å². The van der Waals surface area contributed by atoms with Crippen LogP contribution in [-0.2, 0) is 6.54 Å². The topological polar surface area (TPSA) is 45.1 Å². The van der Waals surface area contributed by atoms with Crippen LogP contribution in [0.1, 0.15) is 52.1 Å². The van der Waals surface area contributed by atoms with Crippen LogP contribution in [0, 0.1) is 11.3 Å². The van der Waals surface area contributed by atoms with E-state index in [1.807, 2.05) is 18.2 Å². The summed E-state index contributed by atoms with van der Waals surface area (Å²) in [6.45, 7) is 8.32. The Kier molecular flexibility index (Phi) is 4.82. The fourth-order valence-electron chi connectivity index (χ4n) is 3.12. The molecule has 1 aliphatic carbocycles. The highest BCUT2D eigenvalue weighted by molar-refractivity contribution is 5.03. The largest absolute Gasteiger partial charge is 0.389 e. The molecule has 20 heavy (non-hydrogen) atoms. The maximum absolute atomic E-state index is 10.6. The summed E-state index contributed by atoms with van der Waals surface area (Å²) in [7, 11) is 0. The zero-order valence-corrected chi connectivity index (χ0v) is 13.0. The molecule has 3 nitrogen and oxygen atoms in total. The molecule has 1 aliphatic rings. The third kappa shape index (κ3) is 4.29. The van der Waals surface area contributed by atoms with E-state index in [9.17, 15) is 5.11 Å². The number of aromatic nitrogens is 1. The van der Waals surface area contributed by atoms with Gasteiger partial charge >= 0.3 is 0 Å². The molecule has 1 saturated carbocycles. The molecule has 3 heteroatoms. The second-order valence-electron chi connectivity index (χ2n) is 7.29. The van der Waals surface area contributed by atoms with Crippen molar-refractivity contribution in [2.45, 2.75) is 58.6 Å². The zero-order chi connectivity index (χ0) is 14.6. The summed E-state index contributed by atoms with van der Waals surface area (Å²) < 4.78 is 0. The van der Waals surface area contributed by atoms with Crippen molar-refractivity contribution in [3.05, 3.63) is 30.1 Å². The second-order valence-corrected chi connectivity index (χ2v) is 7.29. The molecule has 0 saturated heterocycles. The van der Waals surface area contributed by atoms with Gasteiger partial charge in [0.2, 0.25) is 0 Å². The van der Waals surface area contributed by atoms with E-state index in [1.165, 1.54) is 0 Å². The molecular weight excluding hydrogens is 248 g/mol. The number of nitrogens with zero attached hydrogens (tertiary/aromatic N) is 1. The van der Waals surface area contributed by atoms with Gasteiger partial charge < -0.3 is 10.4 Å². The molecule has 1 heterocycles. The van der Waals surface area contributed by atoms with Gasteiger partial charge in [-0.25, -0.2) is 0 Å². The fourth-order valence-corrected chi connectivity index (χ4v) is 3.12. The molecule has 1 aromatic rings. The molecule has 2 N–H and O–H groups in total. The third-order valence-corrected chi connectivity index (χ3v) is 4.63. The van der Waals surface area contributed by atoms with Crippen molar-refractivity contribution in [2.75, 3.05) is 6.54 Å². The van der Waals surface area contributed by atoms with Crippen LogP contribution >= 0.6 is 0 Å². The Balaban J connectivity index is 1.76. The average Bonchev–Trinajstić information content (AvgIpc) is 2.39. The first kappa shape index (κ1) is 15.5. The first-order valence-electron chi connectivity index (χ1n) is 7.72. The summed E-state index contributed by atoms with van der Waals surface area (Å²) in [6.07, 6.45) is 5.88. The normalized spacial score (nSPS) is 27.5. The monoisotopic (exact) mass is 276 g/mol. The van der Waals surface area contributed by atoms with Gasteiger partial charge in [0.1, 0.15) is 0 Å². The fraction of sp³-hybridized carbons (Fsp3) is 0.706. The van der Waals surface area contributed by atoms with E-state index in [1.54, 1.807) is 6.20 Å². The van der Waals surface area contributed by atoms with Crippen molar-refractivity contribution in [1.82, 2.24) is 10.3 Å². The van der Waals surface area contributed by atoms with Crippen molar-refractivity contribution in [3.8, 4) is 0 Å². The number of pyridine rings is 1. The highest BCUT2D eigenvalue weighted by Gasteiger charge is 2.36. The van der Waals surface area contributed by atoms with Crippen LogP contribution in [0.5, 0.6) is 0 Å². The molecule has 0 aliphatic heterocycles. The number of rotatable bonds is 4. The van der Waals surface area contributed by atoms with Crippen LogP contribution < -0.4 is 5.32 Å². The molecule has 0 atom stereocenters. The number of aliphatic hydroxyl groups is 1. The van der Waals surface area contributed by atoms with Gasteiger partial charge in [-0.1, -0.05) is 26.8 Å². The minimum Gasteiger partial charge on any atom is -0.389 e. The summed E-state index contributed by atoms with van der Waals surface area (Å²) in [6, 6.07) is 5.92. The van der Waals surface area contributed by atoms with E-state index < -0.39 is 5.60 Å². The molecular formula is C17H28N2O. The van der Waals surface area contributed by atoms with Crippen LogP contribution in [0.25, 0.3) is 0 Å². The predicted molar refractivity (Wildman–Crippen MR) is 82.3 cm³/mol. The SMILES string of the molecule is CC(C)(C)C1CCC(O)(CNCc2ccccn2)CC1. The third-order valence-electron chi connectivity index (χ3n) is 4.63. The predicted octanol–water partition coefficient (Wildman–Crippen LogP) is 3.14. The zero-order valence-electron chi connectivity index (χ0n) is 13.0. The number of hydrogen-bond donors (Lipinski definition) is 2. The molecule has 0 radical (unpaired) electrons. The maximum atomic E-state index is 10.6. The highest BCUT2D eigenvalue weighted by atomic mass is 16.3. The molecule has 0 spiro atoms. The number of hydrogen-bond acceptors (Lipinski definition) is 3. The minimum atomic E-state index is -0.531. The van der Waals surface area contributed by atoms with E-state index in [-0.39, 0.29) is 0 Å². The molecule has 0 unspecified atom stereocenters. The smallest absolute Gasteiger partial charge is 0.0771 e. The summed E-state index contributed by atoms with van der Waals surface area (Å²) in [5.74, 6) is 0.735. The summed E-state index contributed by atoms with van der Waals surface area (Å²) in [5.41, 5.74) is 0.860. The summed E-state index contributed by atoms with van der Waals surface area (Å²) in [4.78, 5) is 4.28. The Hall–Kier alpha value is -0.930. The molecule has 0 bridgehead atoms. The van der Waals surface area contributed by atoms with E-state index in [0.717, 1.165) is 43.8 Å². The number of nitrogens with one attached hydrogen (secondary N) is 1. The highest BCUT2D eigenvalue weighted by Crippen LogP contribution is 2.41. The molecule has 1 fully saturated rings. The van der Waals surface area contributed by atoms with Crippen molar-refractivity contribution in [3.63, 3.8) is 0 Å². The van der Waals surface area contributed by atoms with E-state index in [0.29, 0.717) is 12.0 Å². The van der Waals surface area contributed by atoms with E-state index >= 15 is 0 Å². The van der Waals surface area contributed by atoms with E-state index in [2.05, 4.69) is 31.1 Å². The Morgan fingerprint density at radius 1 is 1.30 bits per heavy atom. The first-order chi connectivity index (χ1) is 9.39. The van der Waals surface area contributed by atoms with Crippen molar-refractivity contribution in [1.29, 1.82) is 0 Å². The Bertz CT molecular complexity index is 403. The van der Waals surface area contributed by atoms with Gasteiger partial charge in [0.25, 0.3) is 0 Å². The molecule has 0 aromatic carbocycles. The van der Waals surface area contributed by atoms with Gasteiger partial charge in [0, 0.05) is 19.3 Å². The quantitative estimate of drug-likeness (QED) is 0.888. The van der Waals surface area contributed by atoms with Gasteiger partial charge in [0.15, 0.2) is 0 Å². The van der Waals surface area contributed by atoms with Gasteiger partial charge in [-0.15, -0.1) is 0 Å². The van der Waals surface area contributed by atoms with Gasteiger partial charge in [0.05, 0.1) is 11.3 Å². The Labute approximate surface area is 122 Å². The average molecular weight is 276 g/mol. The van der Waals surface area contributed by atoms with Crippen LogP contribution in [0.15, 0.2) is 24.4 Å². The molecule has 0 amide bonds. The summed E-state index contributed by atoms with van der Waals surface area (Å²) >= 11 is 0. The summed E-state index contributed by atoms with van der Waals surface area (Å²) in [5, 5.41) is 14.0. The molecule has 112 valence electrons. The van der Waals surface area contributed by atoms with Crippen LogP contribution in [-0.4, -0.2) is 22.2 Å². The molecule has 2 rings (SSSR count). The lowest BCUT2D eigenvalue weighted by molar-refractivity contribution is -0.0239. The maximum Gasteiger partial charge on any atom is 0.0771 e. The second kappa shape index (κ2) is 6.23. The van der Waals surface area contributed by atoms with Crippen LogP contribution in [0.2, 0.25) is 0 Å². The van der Waals surface area contributed by atoms with Crippen LogP contribution in [0.3, 0.4) is 0 Å². The van der Waals surface area contributed by atoms with Gasteiger partial charge in [-0.05, 0) is 49.1 Å². The van der Waals surface area contributed by atoms with E-state index in [4.69, 9.17) is 0 Å². The van der Waals surface area contributed by atoms with Crippen molar-refractivity contribution in [2.24, 2.45) is 11.3 Å². The lowest BCUT2D eigenvalue weighted by Gasteiger charge is -2.41. The first-order valence-corrected chi connectivity index (χ1v) is 7.72. The van der Waals surface area contributed by atoms with Gasteiger partial charge in [-0.3, -0.25) is 4.98 Å². The standard InChI is InChI=1S/C17H28N2O/c1-16(2,3)14-7-9-17(20,10-8-14)13-18-12-15-6-4-5-11-19-15/h4-6,11,14,18,20H,7-10,12-13H2,1-3H3.